The number of benzene rings is 3. The minimum atomic E-state index is -0.726. The number of aromatic nitrogens is 1. The van der Waals surface area contributed by atoms with Gasteiger partial charge < -0.3 is 5.32 Å². The molecule has 7 nitrogen and oxygen atoms in total. The van der Waals surface area contributed by atoms with Crippen LogP contribution >= 0.6 is 23.1 Å². The number of hydrogen-bond donors (Lipinski definition) is 1. The van der Waals surface area contributed by atoms with Crippen molar-refractivity contribution >= 4 is 52.2 Å². The second kappa shape index (κ2) is 10.7. The van der Waals surface area contributed by atoms with Crippen LogP contribution in [0.4, 0.5) is 11.4 Å². The van der Waals surface area contributed by atoms with Crippen molar-refractivity contribution in [3.05, 3.63) is 110 Å². The quantitative estimate of drug-likeness (QED) is 0.287. The van der Waals surface area contributed by atoms with Gasteiger partial charge in [0, 0.05) is 16.5 Å². The standard InChI is InChI=1S/C33H31N3O4S2/c1-19-10-16-23(17-11-19)36-29(38)26-25(20-12-14-21(15-13-20)33(2,3)4)28-31(41-27(26)30(36)39)35(32(40)42-28)18-24(37)34-22-8-6-5-7-9-22/h5-17,25-27H,18H2,1-4H3,(H,34,37). The van der Waals surface area contributed by atoms with Gasteiger partial charge in [0.1, 0.15) is 11.8 Å². The summed E-state index contributed by atoms with van der Waals surface area (Å²) in [6.07, 6.45) is 0. The van der Waals surface area contributed by atoms with E-state index in [1.165, 1.54) is 21.2 Å². The average molecular weight is 598 g/mol. The lowest BCUT2D eigenvalue weighted by atomic mass is 9.81. The van der Waals surface area contributed by atoms with Crippen molar-refractivity contribution in [2.24, 2.45) is 5.92 Å². The summed E-state index contributed by atoms with van der Waals surface area (Å²) in [5.74, 6) is -2.09. The van der Waals surface area contributed by atoms with E-state index >= 15 is 0 Å². The van der Waals surface area contributed by atoms with Crippen LogP contribution in [0.3, 0.4) is 0 Å². The van der Waals surface area contributed by atoms with Gasteiger partial charge in [-0.2, -0.15) is 0 Å². The Hall–Kier alpha value is -3.95. The topological polar surface area (TPSA) is 88.5 Å². The second-order valence-corrected chi connectivity index (χ2v) is 13.9. The highest BCUT2D eigenvalue weighted by Gasteiger charge is 2.56. The molecule has 3 atom stereocenters. The molecule has 42 heavy (non-hydrogen) atoms. The molecule has 3 aromatic carbocycles. The number of thiazole rings is 1. The molecule has 0 aliphatic carbocycles. The van der Waals surface area contributed by atoms with E-state index < -0.39 is 17.1 Å². The predicted molar refractivity (Wildman–Crippen MR) is 167 cm³/mol. The van der Waals surface area contributed by atoms with Gasteiger partial charge in [-0.3, -0.25) is 23.7 Å². The Morgan fingerprint density at radius 3 is 2.19 bits per heavy atom. The molecule has 4 aromatic rings. The van der Waals surface area contributed by atoms with Crippen LogP contribution in [-0.4, -0.2) is 27.5 Å². The summed E-state index contributed by atoms with van der Waals surface area (Å²) >= 11 is 2.28. The van der Waals surface area contributed by atoms with Crippen molar-refractivity contribution in [1.29, 1.82) is 0 Å². The zero-order chi connectivity index (χ0) is 29.8. The lowest BCUT2D eigenvalue weighted by Gasteiger charge is -2.31. The molecule has 0 radical (unpaired) electrons. The summed E-state index contributed by atoms with van der Waals surface area (Å²) in [5.41, 5.74) is 4.16. The van der Waals surface area contributed by atoms with Crippen LogP contribution < -0.4 is 15.1 Å². The van der Waals surface area contributed by atoms with Crippen molar-refractivity contribution in [3.63, 3.8) is 0 Å². The Bertz CT molecular complexity index is 1740. The third-order valence-electron chi connectivity index (χ3n) is 7.84. The highest BCUT2D eigenvalue weighted by atomic mass is 32.2. The second-order valence-electron chi connectivity index (χ2n) is 11.8. The Morgan fingerprint density at radius 1 is 0.881 bits per heavy atom. The molecule has 3 amide bonds. The fourth-order valence-electron chi connectivity index (χ4n) is 5.62. The number of imide groups is 1. The maximum atomic E-state index is 14.1. The molecule has 1 N–H and O–H groups in total. The van der Waals surface area contributed by atoms with Crippen LogP contribution in [0.5, 0.6) is 0 Å². The lowest BCUT2D eigenvalue weighted by molar-refractivity contribution is -0.122. The predicted octanol–water partition coefficient (Wildman–Crippen LogP) is 5.95. The number of rotatable bonds is 5. The molecule has 0 spiro atoms. The van der Waals surface area contributed by atoms with Crippen LogP contribution in [0.15, 0.2) is 88.7 Å². The average Bonchev–Trinajstić information content (AvgIpc) is 3.40. The Balaban J connectivity index is 1.43. The SMILES string of the molecule is Cc1ccc(N2C(=O)C3Sc4c(sc(=O)n4CC(=O)Nc4ccccc4)C(c4ccc(C(C)(C)C)cc4)C3C2=O)cc1. The van der Waals surface area contributed by atoms with Crippen LogP contribution in [0.1, 0.15) is 48.3 Å². The first kappa shape index (κ1) is 28.2. The minimum Gasteiger partial charge on any atom is -0.325 e. The maximum Gasteiger partial charge on any atom is 0.308 e. The number of carbonyl (C=O) groups excluding carboxylic acids is 3. The van der Waals surface area contributed by atoms with Gasteiger partial charge in [-0.15, -0.1) is 0 Å². The molecular formula is C33H31N3O4S2. The van der Waals surface area contributed by atoms with Gasteiger partial charge in [0.2, 0.25) is 17.7 Å². The van der Waals surface area contributed by atoms with Gasteiger partial charge in [0.05, 0.1) is 16.6 Å². The first-order valence-electron chi connectivity index (χ1n) is 13.8. The number of amides is 3. The molecule has 2 aliphatic rings. The number of aryl methyl sites for hydroxylation is 1. The van der Waals surface area contributed by atoms with Crippen LogP contribution in [-0.2, 0) is 26.3 Å². The normalized spacial score (nSPS) is 19.9. The number of nitrogens with one attached hydrogen (secondary N) is 1. The molecule has 1 aromatic heterocycles. The maximum absolute atomic E-state index is 14.1. The Morgan fingerprint density at radius 2 is 1.55 bits per heavy atom. The minimum absolute atomic E-state index is 0.0592. The summed E-state index contributed by atoms with van der Waals surface area (Å²) in [4.78, 5) is 56.1. The van der Waals surface area contributed by atoms with Crippen molar-refractivity contribution in [2.45, 2.75) is 55.8 Å². The van der Waals surface area contributed by atoms with Gasteiger partial charge in [-0.25, -0.2) is 4.90 Å². The molecule has 1 saturated heterocycles. The summed E-state index contributed by atoms with van der Waals surface area (Å²) in [6.45, 7) is 8.17. The number of nitrogens with zero attached hydrogens (tertiary/aromatic N) is 2. The van der Waals surface area contributed by atoms with Gasteiger partial charge in [0.15, 0.2) is 0 Å². The fourth-order valence-corrected chi connectivity index (χ4v) is 8.39. The van der Waals surface area contributed by atoms with Crippen LogP contribution in [0, 0.1) is 12.8 Å². The summed E-state index contributed by atoms with van der Waals surface area (Å²) in [5, 5.41) is 2.69. The summed E-state index contributed by atoms with van der Waals surface area (Å²) in [6, 6.07) is 24.5. The van der Waals surface area contributed by atoms with E-state index in [0.29, 0.717) is 21.3 Å². The molecular weight excluding hydrogens is 567 g/mol. The summed E-state index contributed by atoms with van der Waals surface area (Å²) in [7, 11) is 0. The number of hydrogen-bond acceptors (Lipinski definition) is 6. The smallest absolute Gasteiger partial charge is 0.308 e. The highest BCUT2D eigenvalue weighted by Crippen LogP contribution is 2.54. The van der Waals surface area contributed by atoms with Crippen molar-refractivity contribution in [2.75, 3.05) is 10.2 Å². The fraction of sp³-hybridized carbons (Fsp3) is 0.273. The number of carbonyl (C=O) groups is 3. The van der Waals surface area contributed by atoms with Crippen molar-refractivity contribution in [1.82, 2.24) is 4.57 Å². The number of para-hydroxylation sites is 1. The summed E-state index contributed by atoms with van der Waals surface area (Å²) < 4.78 is 1.45. The molecule has 9 heteroatoms. The van der Waals surface area contributed by atoms with E-state index in [1.807, 2.05) is 49.4 Å². The molecule has 2 aliphatic heterocycles. The number of anilines is 2. The first-order chi connectivity index (χ1) is 20.0. The first-order valence-corrected chi connectivity index (χ1v) is 15.5. The van der Waals surface area contributed by atoms with Gasteiger partial charge in [0.25, 0.3) is 0 Å². The molecule has 3 heterocycles. The molecule has 214 valence electrons. The molecule has 6 rings (SSSR count). The van der Waals surface area contributed by atoms with E-state index in [4.69, 9.17) is 0 Å². The molecule has 0 saturated carbocycles. The molecule has 0 bridgehead atoms. The third kappa shape index (κ3) is 5.01. The van der Waals surface area contributed by atoms with Crippen molar-refractivity contribution < 1.29 is 14.4 Å². The number of fused-ring (bicyclic) bond motifs is 2. The van der Waals surface area contributed by atoms with E-state index in [1.54, 1.807) is 24.3 Å². The Kier molecular flexibility index (Phi) is 7.19. The Labute approximate surface area is 252 Å². The van der Waals surface area contributed by atoms with E-state index in [0.717, 1.165) is 28.0 Å². The molecule has 1 fully saturated rings. The lowest BCUT2D eigenvalue weighted by Crippen LogP contribution is -2.33. The monoisotopic (exact) mass is 597 g/mol. The van der Waals surface area contributed by atoms with Crippen LogP contribution in [0.25, 0.3) is 0 Å². The molecule has 3 unspecified atom stereocenters. The van der Waals surface area contributed by atoms with Gasteiger partial charge in [-0.05, 0) is 47.7 Å². The van der Waals surface area contributed by atoms with E-state index in [9.17, 15) is 19.2 Å². The third-order valence-corrected chi connectivity index (χ3v) is 10.4. The van der Waals surface area contributed by atoms with Crippen molar-refractivity contribution in [3.8, 4) is 0 Å². The van der Waals surface area contributed by atoms with Gasteiger partial charge >= 0.3 is 4.87 Å². The van der Waals surface area contributed by atoms with E-state index in [-0.39, 0.29) is 34.6 Å². The van der Waals surface area contributed by atoms with E-state index in [2.05, 4.69) is 38.2 Å². The zero-order valence-corrected chi connectivity index (χ0v) is 25.4. The zero-order valence-electron chi connectivity index (χ0n) is 23.8. The largest absolute Gasteiger partial charge is 0.325 e. The van der Waals surface area contributed by atoms with Crippen LogP contribution in [0.2, 0.25) is 0 Å². The number of thioether (sulfide) groups is 1. The van der Waals surface area contributed by atoms with Gasteiger partial charge in [-0.1, -0.05) is 104 Å². The highest BCUT2D eigenvalue weighted by molar-refractivity contribution is 8.00.